The third-order valence-electron chi connectivity index (χ3n) is 2.53. The minimum absolute atomic E-state index is 0.0800. The van der Waals surface area contributed by atoms with Crippen molar-refractivity contribution in [2.45, 2.75) is 0 Å². The predicted octanol–water partition coefficient (Wildman–Crippen LogP) is 1.60. The van der Waals surface area contributed by atoms with Crippen LogP contribution in [-0.2, 0) is 4.79 Å². The quantitative estimate of drug-likeness (QED) is 0.923. The fraction of sp³-hybridized carbons (Fsp3) is 0.167. The summed E-state index contributed by atoms with van der Waals surface area (Å²) in [6.45, 7) is 0. The first-order valence-electron chi connectivity index (χ1n) is 5.74. The molecule has 1 aliphatic rings. The number of nitrogens with one attached hydrogen (secondary N) is 1. The van der Waals surface area contributed by atoms with E-state index in [4.69, 9.17) is 9.15 Å². The fourth-order valence-electron chi connectivity index (χ4n) is 1.58. The molecular formula is C12H10N4O3S. The third-order valence-corrected chi connectivity index (χ3v) is 3.41. The summed E-state index contributed by atoms with van der Waals surface area (Å²) >= 11 is 1.30. The van der Waals surface area contributed by atoms with E-state index in [0.29, 0.717) is 16.8 Å². The predicted molar refractivity (Wildman–Crippen MR) is 74.0 cm³/mol. The molecule has 7 nitrogen and oxygen atoms in total. The van der Waals surface area contributed by atoms with E-state index in [0.717, 1.165) is 11.3 Å². The Balaban J connectivity index is 1.80. The van der Waals surface area contributed by atoms with Gasteiger partial charge in [-0.3, -0.25) is 4.79 Å². The van der Waals surface area contributed by atoms with Gasteiger partial charge in [0.15, 0.2) is 5.17 Å². The van der Waals surface area contributed by atoms with Gasteiger partial charge in [-0.1, -0.05) is 16.9 Å². The molecule has 0 spiro atoms. The van der Waals surface area contributed by atoms with Gasteiger partial charge >= 0.3 is 6.01 Å². The highest BCUT2D eigenvalue weighted by atomic mass is 32.2. The highest BCUT2D eigenvalue weighted by molar-refractivity contribution is 8.15. The number of methoxy groups -OCH3 is 1. The number of ether oxygens (including phenoxy) is 1. The lowest BCUT2D eigenvalue weighted by atomic mass is 10.2. The molecule has 3 rings (SSSR count). The van der Waals surface area contributed by atoms with Crippen molar-refractivity contribution in [3.63, 3.8) is 0 Å². The zero-order valence-electron chi connectivity index (χ0n) is 10.5. The molecule has 1 N–H and O–H groups in total. The summed E-state index contributed by atoms with van der Waals surface area (Å²) in [5.74, 6) is 1.39. The van der Waals surface area contributed by atoms with Crippen LogP contribution in [0.5, 0.6) is 5.75 Å². The Hall–Kier alpha value is -2.35. The maximum Gasteiger partial charge on any atom is 0.345 e. The Morgan fingerprint density at radius 3 is 2.80 bits per heavy atom. The van der Waals surface area contributed by atoms with E-state index in [1.165, 1.54) is 11.8 Å². The van der Waals surface area contributed by atoms with Gasteiger partial charge in [-0.2, -0.15) is 4.99 Å². The summed E-state index contributed by atoms with van der Waals surface area (Å²) in [7, 11) is 1.60. The van der Waals surface area contributed by atoms with Crippen LogP contribution in [0.15, 0.2) is 33.7 Å². The number of aromatic nitrogens is 2. The van der Waals surface area contributed by atoms with Crippen molar-refractivity contribution < 1.29 is 13.9 Å². The van der Waals surface area contributed by atoms with Crippen LogP contribution >= 0.6 is 11.8 Å². The number of carbonyl (C=O) groups excluding carboxylic acids is 1. The van der Waals surface area contributed by atoms with Gasteiger partial charge in [0.05, 0.1) is 12.9 Å². The first-order valence-corrected chi connectivity index (χ1v) is 6.72. The van der Waals surface area contributed by atoms with E-state index in [-0.39, 0.29) is 11.9 Å². The Labute approximate surface area is 118 Å². The number of hydrogen-bond donors (Lipinski definition) is 1. The number of rotatable bonds is 3. The van der Waals surface area contributed by atoms with Crippen LogP contribution in [0.25, 0.3) is 11.5 Å². The molecule has 1 aromatic heterocycles. The van der Waals surface area contributed by atoms with Crippen LogP contribution in [0.3, 0.4) is 0 Å². The molecule has 1 aromatic carbocycles. The fourth-order valence-corrected chi connectivity index (χ4v) is 2.25. The van der Waals surface area contributed by atoms with Crippen molar-refractivity contribution >= 4 is 28.9 Å². The molecule has 0 atom stereocenters. The number of thioether (sulfide) groups is 1. The molecular weight excluding hydrogens is 280 g/mol. The second-order valence-electron chi connectivity index (χ2n) is 3.87. The molecule has 2 aromatic rings. The van der Waals surface area contributed by atoms with Crippen LogP contribution in [0.1, 0.15) is 0 Å². The molecule has 102 valence electrons. The number of nitrogens with zero attached hydrogens (tertiary/aromatic N) is 3. The van der Waals surface area contributed by atoms with Crippen molar-refractivity contribution in [1.29, 1.82) is 0 Å². The van der Waals surface area contributed by atoms with Crippen molar-refractivity contribution in [2.24, 2.45) is 4.99 Å². The van der Waals surface area contributed by atoms with Gasteiger partial charge in [-0.15, -0.1) is 5.10 Å². The molecule has 8 heteroatoms. The van der Waals surface area contributed by atoms with Gasteiger partial charge in [0, 0.05) is 5.56 Å². The van der Waals surface area contributed by atoms with Gasteiger partial charge in [-0.25, -0.2) is 0 Å². The van der Waals surface area contributed by atoms with Crippen LogP contribution in [0, 0.1) is 0 Å². The van der Waals surface area contributed by atoms with Crippen LogP contribution in [0.2, 0.25) is 0 Å². The maximum atomic E-state index is 11.0. The van der Waals surface area contributed by atoms with Gasteiger partial charge < -0.3 is 14.5 Å². The van der Waals surface area contributed by atoms with Crippen LogP contribution in [0.4, 0.5) is 6.01 Å². The molecule has 1 aliphatic heterocycles. The van der Waals surface area contributed by atoms with Gasteiger partial charge in [0.25, 0.3) is 0 Å². The minimum Gasteiger partial charge on any atom is -0.497 e. The van der Waals surface area contributed by atoms with Crippen molar-refractivity contribution in [3.8, 4) is 17.2 Å². The SMILES string of the molecule is COc1ccc(-c2nnc(/N=C3\NC(=O)CS3)o2)cc1. The van der Waals surface area contributed by atoms with E-state index in [9.17, 15) is 4.79 Å². The Morgan fingerprint density at radius 2 is 2.15 bits per heavy atom. The number of hydrogen-bond acceptors (Lipinski definition) is 7. The second kappa shape index (κ2) is 5.33. The molecule has 20 heavy (non-hydrogen) atoms. The normalized spacial score (nSPS) is 16.4. The van der Waals surface area contributed by atoms with E-state index >= 15 is 0 Å². The molecule has 0 aliphatic carbocycles. The lowest BCUT2D eigenvalue weighted by molar-refractivity contribution is -0.116. The van der Waals surface area contributed by atoms with E-state index < -0.39 is 0 Å². The van der Waals surface area contributed by atoms with Crippen molar-refractivity contribution in [1.82, 2.24) is 15.5 Å². The van der Waals surface area contributed by atoms with E-state index in [1.54, 1.807) is 19.2 Å². The number of amidine groups is 1. The number of aliphatic imine (C=N–C) groups is 1. The smallest absolute Gasteiger partial charge is 0.345 e. The number of amides is 1. The monoisotopic (exact) mass is 290 g/mol. The summed E-state index contributed by atoms with van der Waals surface area (Å²) in [4.78, 5) is 15.1. The first kappa shape index (κ1) is 12.7. The second-order valence-corrected chi connectivity index (χ2v) is 4.84. The Bertz CT molecular complexity index is 666. The zero-order valence-corrected chi connectivity index (χ0v) is 11.3. The van der Waals surface area contributed by atoms with E-state index in [2.05, 4.69) is 20.5 Å². The van der Waals surface area contributed by atoms with Gasteiger partial charge in [0.1, 0.15) is 5.75 Å². The van der Waals surface area contributed by atoms with Crippen molar-refractivity contribution in [2.75, 3.05) is 12.9 Å². The number of benzene rings is 1. The highest BCUT2D eigenvalue weighted by Crippen LogP contribution is 2.24. The summed E-state index contributed by atoms with van der Waals surface area (Å²) < 4.78 is 10.5. The molecule has 1 fully saturated rings. The summed E-state index contributed by atoms with van der Waals surface area (Å²) in [5.41, 5.74) is 0.771. The third kappa shape index (κ3) is 2.64. The van der Waals surface area contributed by atoms with E-state index in [1.807, 2.05) is 12.1 Å². The highest BCUT2D eigenvalue weighted by Gasteiger charge is 2.18. The summed E-state index contributed by atoms with van der Waals surface area (Å²) in [6, 6.07) is 7.35. The molecule has 0 unspecified atom stereocenters. The number of carbonyl (C=O) groups is 1. The minimum atomic E-state index is -0.0800. The molecule has 2 heterocycles. The van der Waals surface area contributed by atoms with Crippen LogP contribution in [-0.4, -0.2) is 34.1 Å². The molecule has 0 radical (unpaired) electrons. The maximum absolute atomic E-state index is 11.0. The zero-order chi connectivity index (χ0) is 13.9. The lowest BCUT2D eigenvalue weighted by Gasteiger charge is -1.98. The average Bonchev–Trinajstić information content (AvgIpc) is 3.09. The standard InChI is InChI=1S/C12H10N4O3S/c1-18-8-4-2-7(3-5-8)10-15-16-11(19-10)14-12-13-9(17)6-20-12/h2-5H,6H2,1H3,(H,13,14,16,17). The Kier molecular flexibility index (Phi) is 3.38. The van der Waals surface area contributed by atoms with Crippen molar-refractivity contribution in [3.05, 3.63) is 24.3 Å². The molecule has 0 saturated carbocycles. The van der Waals surface area contributed by atoms with Crippen LogP contribution < -0.4 is 10.1 Å². The van der Waals surface area contributed by atoms with Gasteiger partial charge in [0.2, 0.25) is 11.8 Å². The molecule has 0 bridgehead atoms. The average molecular weight is 290 g/mol. The van der Waals surface area contributed by atoms with Gasteiger partial charge in [-0.05, 0) is 24.3 Å². The molecule has 1 saturated heterocycles. The summed E-state index contributed by atoms with van der Waals surface area (Å²) in [6.07, 6.45) is 0. The lowest BCUT2D eigenvalue weighted by Crippen LogP contribution is -2.19. The Morgan fingerprint density at radius 1 is 1.35 bits per heavy atom. The first-order chi connectivity index (χ1) is 9.74. The summed E-state index contributed by atoms with van der Waals surface area (Å²) in [5, 5.41) is 10.8. The topological polar surface area (TPSA) is 89.6 Å². The molecule has 1 amide bonds. The largest absolute Gasteiger partial charge is 0.497 e.